The maximum atomic E-state index is 12.0. The van der Waals surface area contributed by atoms with E-state index in [9.17, 15) is 4.79 Å². The van der Waals surface area contributed by atoms with Crippen molar-refractivity contribution >= 4 is 17.6 Å². The standard InChI is InChI=1S/C15H15ClN6O/c16-11-2-3-12-10(7-11)1-4-13(12)20-15(23)18-5-6-22-9-19-14(8-17)21-22/h2-3,7,9,13H,1,4-6H2,(H2,18,20,23)/t13-/m1/s1. The number of nitriles is 1. The zero-order valence-corrected chi connectivity index (χ0v) is 13.0. The van der Waals surface area contributed by atoms with Crippen molar-refractivity contribution in [2.45, 2.75) is 25.4 Å². The summed E-state index contributed by atoms with van der Waals surface area (Å²) in [5.74, 6) is 0.121. The molecule has 1 heterocycles. The number of rotatable bonds is 4. The Labute approximate surface area is 138 Å². The summed E-state index contributed by atoms with van der Waals surface area (Å²) in [4.78, 5) is 15.8. The minimum absolute atomic E-state index is 0.0128. The number of carbonyl (C=O) groups excluding carboxylic acids is 1. The Balaban J connectivity index is 1.48. The van der Waals surface area contributed by atoms with Gasteiger partial charge in [0.2, 0.25) is 0 Å². The lowest BCUT2D eigenvalue weighted by molar-refractivity contribution is 0.236. The van der Waals surface area contributed by atoms with Crippen molar-refractivity contribution in [3.05, 3.63) is 46.5 Å². The molecular formula is C15H15ClN6O. The fourth-order valence-corrected chi connectivity index (χ4v) is 2.88. The highest BCUT2D eigenvalue weighted by Gasteiger charge is 2.23. The average Bonchev–Trinajstić information content (AvgIpc) is 3.14. The average molecular weight is 331 g/mol. The molecule has 1 atom stereocenters. The van der Waals surface area contributed by atoms with Crippen LogP contribution in [0.25, 0.3) is 0 Å². The Morgan fingerprint density at radius 1 is 1.52 bits per heavy atom. The van der Waals surface area contributed by atoms with E-state index in [2.05, 4.69) is 20.7 Å². The van der Waals surface area contributed by atoms with Crippen LogP contribution in [0.1, 0.15) is 29.4 Å². The summed E-state index contributed by atoms with van der Waals surface area (Å²) < 4.78 is 1.52. The van der Waals surface area contributed by atoms with Gasteiger partial charge in [-0.05, 0) is 36.1 Å². The van der Waals surface area contributed by atoms with Gasteiger partial charge in [0.15, 0.2) is 0 Å². The molecule has 1 aromatic carbocycles. The zero-order chi connectivity index (χ0) is 16.2. The number of amides is 2. The second kappa shape index (κ2) is 6.67. The number of nitrogens with one attached hydrogen (secondary N) is 2. The SMILES string of the molecule is N#Cc1ncn(CCNC(=O)N[C@@H]2CCc3cc(Cl)ccc32)n1. The molecule has 2 aromatic rings. The summed E-state index contributed by atoms with van der Waals surface area (Å²) in [5.41, 5.74) is 2.31. The number of hydrogen-bond donors (Lipinski definition) is 2. The molecule has 2 N–H and O–H groups in total. The van der Waals surface area contributed by atoms with Crippen LogP contribution in [0.3, 0.4) is 0 Å². The molecule has 0 unspecified atom stereocenters. The summed E-state index contributed by atoms with van der Waals surface area (Å²) in [7, 11) is 0. The first-order valence-electron chi connectivity index (χ1n) is 7.28. The fraction of sp³-hybridized carbons (Fsp3) is 0.333. The molecule has 1 aliphatic carbocycles. The van der Waals surface area contributed by atoms with Crippen LogP contribution in [0.15, 0.2) is 24.5 Å². The third-order valence-electron chi connectivity index (χ3n) is 3.75. The van der Waals surface area contributed by atoms with E-state index in [1.165, 1.54) is 16.6 Å². The topological polar surface area (TPSA) is 95.6 Å². The van der Waals surface area contributed by atoms with Crippen LogP contribution in [0.5, 0.6) is 0 Å². The molecule has 1 aliphatic rings. The first kappa shape index (κ1) is 15.3. The molecule has 0 saturated carbocycles. The van der Waals surface area contributed by atoms with Gasteiger partial charge in [-0.15, -0.1) is 5.10 Å². The van der Waals surface area contributed by atoms with Crippen LogP contribution in [0.4, 0.5) is 4.79 Å². The molecule has 2 amide bonds. The number of halogens is 1. The Hall–Kier alpha value is -2.59. The number of hydrogen-bond acceptors (Lipinski definition) is 4. The lowest BCUT2D eigenvalue weighted by Crippen LogP contribution is -2.38. The van der Waals surface area contributed by atoms with Gasteiger partial charge in [0, 0.05) is 11.6 Å². The van der Waals surface area contributed by atoms with E-state index in [-0.39, 0.29) is 17.9 Å². The molecule has 0 radical (unpaired) electrons. The van der Waals surface area contributed by atoms with E-state index in [0.717, 1.165) is 23.4 Å². The highest BCUT2D eigenvalue weighted by molar-refractivity contribution is 6.30. The number of benzene rings is 1. The van der Waals surface area contributed by atoms with Crippen molar-refractivity contribution < 1.29 is 4.79 Å². The molecule has 0 spiro atoms. The number of aryl methyl sites for hydroxylation is 1. The summed E-state index contributed by atoms with van der Waals surface area (Å²) >= 11 is 5.98. The van der Waals surface area contributed by atoms with Gasteiger partial charge >= 0.3 is 6.03 Å². The zero-order valence-electron chi connectivity index (χ0n) is 12.3. The number of nitrogens with zero attached hydrogens (tertiary/aromatic N) is 4. The van der Waals surface area contributed by atoms with Crippen molar-refractivity contribution in [3.8, 4) is 6.07 Å². The lowest BCUT2D eigenvalue weighted by atomic mass is 10.1. The Morgan fingerprint density at radius 3 is 3.17 bits per heavy atom. The molecule has 118 valence electrons. The third kappa shape index (κ3) is 3.60. The Kier molecular flexibility index (Phi) is 4.44. The first-order chi connectivity index (χ1) is 11.2. The molecule has 3 rings (SSSR count). The van der Waals surface area contributed by atoms with Crippen molar-refractivity contribution in [1.82, 2.24) is 25.4 Å². The second-order valence-electron chi connectivity index (χ2n) is 5.28. The normalized spacial score (nSPS) is 15.7. The summed E-state index contributed by atoms with van der Waals surface area (Å²) in [5, 5.41) is 19.0. The van der Waals surface area contributed by atoms with E-state index in [0.29, 0.717) is 13.1 Å². The van der Waals surface area contributed by atoms with Crippen LogP contribution < -0.4 is 10.6 Å². The van der Waals surface area contributed by atoms with Crippen LogP contribution in [-0.4, -0.2) is 27.3 Å². The minimum atomic E-state index is -0.224. The van der Waals surface area contributed by atoms with Crippen LogP contribution >= 0.6 is 11.6 Å². The summed E-state index contributed by atoms with van der Waals surface area (Å²) in [6, 6.07) is 7.41. The smallest absolute Gasteiger partial charge is 0.315 e. The van der Waals surface area contributed by atoms with Crippen LogP contribution in [-0.2, 0) is 13.0 Å². The quantitative estimate of drug-likeness (QED) is 0.893. The van der Waals surface area contributed by atoms with Gasteiger partial charge in [-0.2, -0.15) is 5.26 Å². The predicted octanol–water partition coefficient (Wildman–Crippen LogP) is 1.79. The van der Waals surface area contributed by atoms with Gasteiger partial charge in [-0.25, -0.2) is 14.5 Å². The Bertz CT molecular complexity index is 766. The molecule has 0 bridgehead atoms. The van der Waals surface area contributed by atoms with Gasteiger partial charge in [-0.1, -0.05) is 17.7 Å². The van der Waals surface area contributed by atoms with E-state index in [1.54, 1.807) is 0 Å². The van der Waals surface area contributed by atoms with Crippen LogP contribution in [0.2, 0.25) is 5.02 Å². The third-order valence-corrected chi connectivity index (χ3v) is 3.99. The minimum Gasteiger partial charge on any atom is -0.336 e. The fourth-order valence-electron chi connectivity index (χ4n) is 2.68. The van der Waals surface area contributed by atoms with Gasteiger partial charge in [0.05, 0.1) is 12.6 Å². The number of fused-ring (bicyclic) bond motifs is 1. The highest BCUT2D eigenvalue weighted by atomic mass is 35.5. The lowest BCUT2D eigenvalue weighted by Gasteiger charge is -2.15. The molecular weight excluding hydrogens is 316 g/mol. The highest BCUT2D eigenvalue weighted by Crippen LogP contribution is 2.32. The maximum absolute atomic E-state index is 12.0. The number of carbonyl (C=O) groups is 1. The molecule has 0 fully saturated rings. The van der Waals surface area contributed by atoms with E-state index in [4.69, 9.17) is 16.9 Å². The van der Waals surface area contributed by atoms with Crippen molar-refractivity contribution in [2.24, 2.45) is 0 Å². The van der Waals surface area contributed by atoms with E-state index < -0.39 is 0 Å². The van der Waals surface area contributed by atoms with Gasteiger partial charge in [0.25, 0.3) is 5.82 Å². The summed E-state index contributed by atoms with van der Waals surface area (Å²) in [6.07, 6.45) is 3.25. The van der Waals surface area contributed by atoms with Gasteiger partial charge < -0.3 is 10.6 Å². The molecule has 0 saturated heterocycles. The molecule has 1 aromatic heterocycles. The van der Waals surface area contributed by atoms with Crippen LogP contribution in [0, 0.1) is 11.3 Å². The maximum Gasteiger partial charge on any atom is 0.315 e. The van der Waals surface area contributed by atoms with Crippen molar-refractivity contribution in [2.75, 3.05) is 6.54 Å². The molecule has 23 heavy (non-hydrogen) atoms. The largest absolute Gasteiger partial charge is 0.336 e. The van der Waals surface area contributed by atoms with Crippen molar-refractivity contribution in [1.29, 1.82) is 5.26 Å². The monoisotopic (exact) mass is 330 g/mol. The van der Waals surface area contributed by atoms with Gasteiger partial charge in [0.1, 0.15) is 12.4 Å². The molecule has 0 aliphatic heterocycles. The van der Waals surface area contributed by atoms with E-state index >= 15 is 0 Å². The van der Waals surface area contributed by atoms with E-state index in [1.807, 2.05) is 24.3 Å². The number of aromatic nitrogens is 3. The molecule has 7 nitrogen and oxygen atoms in total. The number of urea groups is 1. The Morgan fingerprint density at radius 2 is 2.39 bits per heavy atom. The van der Waals surface area contributed by atoms with Crippen molar-refractivity contribution in [3.63, 3.8) is 0 Å². The molecule has 8 heteroatoms. The predicted molar refractivity (Wildman–Crippen MR) is 83.8 cm³/mol. The second-order valence-corrected chi connectivity index (χ2v) is 5.71. The van der Waals surface area contributed by atoms with Gasteiger partial charge in [-0.3, -0.25) is 0 Å². The summed E-state index contributed by atoms with van der Waals surface area (Å²) in [6.45, 7) is 0.860. The first-order valence-corrected chi connectivity index (χ1v) is 7.66.